The van der Waals surface area contributed by atoms with Crippen molar-refractivity contribution in [3.8, 4) is 12.3 Å². The van der Waals surface area contributed by atoms with Crippen LogP contribution in [0.4, 0.5) is 4.79 Å². The molecule has 0 radical (unpaired) electrons. The highest BCUT2D eigenvalue weighted by molar-refractivity contribution is 5.67. The molecule has 3 N–H and O–H groups in total. The molecule has 4 heteroatoms. The molecule has 20 heavy (non-hydrogen) atoms. The van der Waals surface area contributed by atoms with E-state index >= 15 is 0 Å². The maximum absolute atomic E-state index is 11.2. The van der Waals surface area contributed by atoms with Crippen LogP contribution in [0.15, 0.2) is 18.2 Å². The summed E-state index contributed by atoms with van der Waals surface area (Å²) in [6, 6.07) is 6.03. The van der Waals surface area contributed by atoms with Crippen LogP contribution in [0.5, 0.6) is 0 Å². The predicted molar refractivity (Wildman–Crippen MR) is 78.0 cm³/mol. The molecule has 4 nitrogen and oxygen atoms in total. The third-order valence-electron chi connectivity index (χ3n) is 3.88. The molecule has 0 heterocycles. The molecule has 1 aromatic carbocycles. The van der Waals surface area contributed by atoms with Crippen LogP contribution in [-0.2, 0) is 16.7 Å². The van der Waals surface area contributed by atoms with Crippen molar-refractivity contribution >= 4 is 6.09 Å². The number of rotatable bonds is 3. The molecule has 1 aliphatic carbocycles. The summed E-state index contributed by atoms with van der Waals surface area (Å²) in [4.78, 5) is 11.2. The molecule has 1 amide bonds. The number of nitrogens with two attached hydrogens (primary N) is 1. The number of terminal acetylenes is 1. The van der Waals surface area contributed by atoms with Gasteiger partial charge in [-0.15, -0.1) is 12.3 Å². The monoisotopic (exact) mass is 272 g/mol. The number of nitrogens with one attached hydrogen (secondary N) is 1. The standard InChI is InChI=1S/C16H20N2O2/c1-4-8-16(17)9-7-13-10-12(5-6-14(13)16)11(2)20-15(19)18-3/h1,5-6,10-11H,7-9,17H2,2-3H3,(H,18,19). The van der Waals surface area contributed by atoms with Crippen molar-refractivity contribution in [1.29, 1.82) is 0 Å². The fourth-order valence-corrected chi connectivity index (χ4v) is 2.70. The molecule has 0 bridgehead atoms. The maximum Gasteiger partial charge on any atom is 0.407 e. The van der Waals surface area contributed by atoms with Gasteiger partial charge in [0.1, 0.15) is 6.10 Å². The molecule has 2 unspecified atom stereocenters. The zero-order valence-electron chi connectivity index (χ0n) is 11.9. The molecule has 1 aliphatic rings. The van der Waals surface area contributed by atoms with Crippen LogP contribution >= 0.6 is 0 Å². The summed E-state index contributed by atoms with van der Waals surface area (Å²) in [7, 11) is 1.54. The molecule has 0 saturated heterocycles. The van der Waals surface area contributed by atoms with E-state index in [0.29, 0.717) is 6.42 Å². The van der Waals surface area contributed by atoms with Crippen LogP contribution in [0.3, 0.4) is 0 Å². The van der Waals surface area contributed by atoms with Gasteiger partial charge in [0.2, 0.25) is 0 Å². The van der Waals surface area contributed by atoms with E-state index in [4.69, 9.17) is 16.9 Å². The van der Waals surface area contributed by atoms with Gasteiger partial charge in [0.05, 0.1) is 5.54 Å². The van der Waals surface area contributed by atoms with Crippen molar-refractivity contribution in [2.45, 2.75) is 37.8 Å². The summed E-state index contributed by atoms with van der Waals surface area (Å²) < 4.78 is 5.23. The van der Waals surface area contributed by atoms with Crippen LogP contribution in [0, 0.1) is 12.3 Å². The number of fused-ring (bicyclic) bond motifs is 1. The number of amides is 1. The summed E-state index contributed by atoms with van der Waals surface area (Å²) in [5.41, 5.74) is 9.25. The van der Waals surface area contributed by atoms with Crippen molar-refractivity contribution in [2.24, 2.45) is 5.73 Å². The van der Waals surface area contributed by atoms with E-state index in [2.05, 4.69) is 17.3 Å². The third kappa shape index (κ3) is 2.63. The highest BCUT2D eigenvalue weighted by Crippen LogP contribution is 2.38. The van der Waals surface area contributed by atoms with Crippen LogP contribution in [-0.4, -0.2) is 13.1 Å². The van der Waals surface area contributed by atoms with Crippen LogP contribution in [0.25, 0.3) is 0 Å². The van der Waals surface area contributed by atoms with Gasteiger partial charge in [0.25, 0.3) is 0 Å². The van der Waals surface area contributed by atoms with E-state index in [-0.39, 0.29) is 6.10 Å². The second-order valence-electron chi connectivity index (χ2n) is 5.25. The van der Waals surface area contributed by atoms with Gasteiger partial charge in [-0.3, -0.25) is 0 Å². The lowest BCUT2D eigenvalue weighted by molar-refractivity contribution is 0.109. The molecule has 0 aliphatic heterocycles. The van der Waals surface area contributed by atoms with Gasteiger partial charge in [0, 0.05) is 13.5 Å². The van der Waals surface area contributed by atoms with E-state index < -0.39 is 11.6 Å². The lowest BCUT2D eigenvalue weighted by atomic mass is 9.89. The fourth-order valence-electron chi connectivity index (χ4n) is 2.70. The number of hydrogen-bond donors (Lipinski definition) is 2. The number of aryl methyl sites for hydroxylation is 1. The SMILES string of the molecule is C#CCC1(N)CCc2cc(C(C)OC(=O)NC)ccc21. The first-order valence-electron chi connectivity index (χ1n) is 6.74. The largest absolute Gasteiger partial charge is 0.442 e. The Hall–Kier alpha value is -1.99. The molecule has 106 valence electrons. The van der Waals surface area contributed by atoms with Crippen molar-refractivity contribution in [1.82, 2.24) is 5.32 Å². The number of ether oxygens (including phenoxy) is 1. The Morgan fingerprint density at radius 3 is 3.05 bits per heavy atom. The Balaban J connectivity index is 2.22. The van der Waals surface area contributed by atoms with Crippen LogP contribution < -0.4 is 11.1 Å². The number of carbonyl (C=O) groups excluding carboxylic acids is 1. The summed E-state index contributed by atoms with van der Waals surface area (Å²) >= 11 is 0. The van der Waals surface area contributed by atoms with E-state index in [1.165, 1.54) is 5.56 Å². The minimum Gasteiger partial charge on any atom is -0.442 e. The third-order valence-corrected chi connectivity index (χ3v) is 3.88. The Kier molecular flexibility index (Phi) is 4.01. The molecule has 2 rings (SSSR count). The first kappa shape index (κ1) is 14.4. The Morgan fingerprint density at radius 1 is 1.65 bits per heavy atom. The summed E-state index contributed by atoms with van der Waals surface area (Å²) in [6.45, 7) is 1.85. The van der Waals surface area contributed by atoms with Crippen molar-refractivity contribution in [3.63, 3.8) is 0 Å². The van der Waals surface area contributed by atoms with Gasteiger partial charge >= 0.3 is 6.09 Å². The van der Waals surface area contributed by atoms with Crippen LogP contribution in [0.2, 0.25) is 0 Å². The van der Waals surface area contributed by atoms with Crippen molar-refractivity contribution < 1.29 is 9.53 Å². The second-order valence-corrected chi connectivity index (χ2v) is 5.25. The zero-order valence-corrected chi connectivity index (χ0v) is 11.9. The molecule has 0 spiro atoms. The van der Waals surface area contributed by atoms with Crippen molar-refractivity contribution in [3.05, 3.63) is 34.9 Å². The first-order valence-corrected chi connectivity index (χ1v) is 6.74. The zero-order chi connectivity index (χ0) is 14.8. The lowest BCUT2D eigenvalue weighted by Crippen LogP contribution is -2.33. The van der Waals surface area contributed by atoms with Gasteiger partial charge in [0.15, 0.2) is 0 Å². The van der Waals surface area contributed by atoms with Gasteiger partial charge < -0.3 is 15.8 Å². The maximum atomic E-state index is 11.2. The summed E-state index contributed by atoms with van der Waals surface area (Å²) in [5.74, 6) is 2.66. The van der Waals surface area contributed by atoms with Gasteiger partial charge in [-0.05, 0) is 36.5 Å². The molecule has 0 aromatic heterocycles. The normalized spacial score (nSPS) is 21.7. The number of alkyl carbamates (subject to hydrolysis) is 1. The van der Waals surface area contributed by atoms with Crippen LogP contribution in [0.1, 0.15) is 42.6 Å². The molecule has 1 aromatic rings. The number of hydrogen-bond acceptors (Lipinski definition) is 3. The minimum atomic E-state index is -0.432. The highest BCUT2D eigenvalue weighted by Gasteiger charge is 2.34. The van der Waals surface area contributed by atoms with E-state index in [9.17, 15) is 4.79 Å². The molecular weight excluding hydrogens is 252 g/mol. The number of benzene rings is 1. The average Bonchev–Trinajstić information content (AvgIpc) is 2.76. The molecule has 0 saturated carbocycles. The van der Waals surface area contributed by atoms with E-state index in [0.717, 1.165) is 24.0 Å². The van der Waals surface area contributed by atoms with Gasteiger partial charge in [-0.25, -0.2) is 4.79 Å². The highest BCUT2D eigenvalue weighted by atomic mass is 16.6. The lowest BCUT2D eigenvalue weighted by Gasteiger charge is -2.23. The van der Waals surface area contributed by atoms with Gasteiger partial charge in [-0.1, -0.05) is 18.2 Å². The first-order chi connectivity index (χ1) is 9.50. The Bertz CT molecular complexity index is 562. The smallest absolute Gasteiger partial charge is 0.407 e. The fraction of sp³-hybridized carbons (Fsp3) is 0.438. The van der Waals surface area contributed by atoms with Gasteiger partial charge in [-0.2, -0.15) is 0 Å². The summed E-state index contributed by atoms with van der Waals surface area (Å²) in [5, 5.41) is 2.44. The van der Waals surface area contributed by atoms with E-state index in [1.54, 1.807) is 7.05 Å². The average molecular weight is 272 g/mol. The Morgan fingerprint density at radius 2 is 2.40 bits per heavy atom. The Labute approximate surface area is 119 Å². The van der Waals surface area contributed by atoms with Crippen molar-refractivity contribution in [2.75, 3.05) is 7.05 Å². The second kappa shape index (κ2) is 5.56. The number of carbonyl (C=O) groups is 1. The predicted octanol–water partition coefficient (Wildman–Crippen LogP) is 2.23. The summed E-state index contributed by atoms with van der Waals surface area (Å²) in [6.07, 6.45) is 7.00. The van der Waals surface area contributed by atoms with E-state index in [1.807, 2.05) is 19.1 Å². The molecular formula is C16H20N2O2. The quantitative estimate of drug-likeness (QED) is 0.829. The molecule has 2 atom stereocenters. The molecule has 0 fully saturated rings. The minimum absolute atomic E-state index is 0.291. The topological polar surface area (TPSA) is 64.3 Å².